The summed E-state index contributed by atoms with van der Waals surface area (Å²) in [6.45, 7) is 1.72. The van der Waals surface area contributed by atoms with E-state index in [1.54, 1.807) is 0 Å². The second kappa shape index (κ2) is 5.26. The third-order valence-corrected chi connectivity index (χ3v) is 2.59. The zero-order chi connectivity index (χ0) is 13.1. The van der Waals surface area contributed by atoms with E-state index in [1.807, 2.05) is 13.8 Å². The molecule has 2 heterocycles. The fraction of sp³-hybridized carbons (Fsp3) is 0.455. The fourth-order valence-electron chi connectivity index (χ4n) is 1.55. The molecule has 98 valence electrons. The minimum Gasteiger partial charge on any atom is -0.444 e. The lowest BCUT2D eigenvalue weighted by atomic mass is 10.4. The average molecular weight is 256 g/mol. The molecule has 18 heavy (non-hydrogen) atoms. The molecule has 2 rings (SSSR count). The second-order valence-electron chi connectivity index (χ2n) is 3.88. The maximum absolute atomic E-state index is 12.5. The van der Waals surface area contributed by atoms with Gasteiger partial charge in [-0.15, -0.1) is 0 Å². The van der Waals surface area contributed by atoms with Gasteiger partial charge in [-0.05, 0) is 13.8 Å². The van der Waals surface area contributed by atoms with Crippen molar-refractivity contribution in [3.05, 3.63) is 35.6 Å². The smallest absolute Gasteiger partial charge is 0.319 e. The molecular formula is C11H14F2N4O. The van der Waals surface area contributed by atoms with E-state index in [0.29, 0.717) is 12.4 Å². The van der Waals surface area contributed by atoms with Crippen molar-refractivity contribution < 1.29 is 13.2 Å². The molecule has 0 aliphatic heterocycles. The number of hydrogen-bond acceptors (Lipinski definition) is 4. The molecule has 2 aromatic heterocycles. The number of rotatable bonds is 5. The molecule has 1 N–H and O–H groups in total. The maximum Gasteiger partial charge on any atom is 0.319 e. The van der Waals surface area contributed by atoms with E-state index in [9.17, 15) is 8.78 Å². The van der Waals surface area contributed by atoms with Gasteiger partial charge in [-0.3, -0.25) is 4.57 Å². The Morgan fingerprint density at radius 2 is 2.17 bits per heavy atom. The quantitative estimate of drug-likeness (QED) is 0.890. The molecule has 5 nitrogen and oxygen atoms in total. The molecule has 0 atom stereocenters. The lowest BCUT2D eigenvalue weighted by Gasteiger charge is -2.06. The van der Waals surface area contributed by atoms with Gasteiger partial charge >= 0.3 is 6.55 Å². The molecule has 7 heteroatoms. The summed E-state index contributed by atoms with van der Waals surface area (Å²) in [7, 11) is 0. The largest absolute Gasteiger partial charge is 0.444 e. The minimum absolute atomic E-state index is 0.234. The van der Waals surface area contributed by atoms with E-state index in [2.05, 4.69) is 15.3 Å². The number of nitrogens with zero attached hydrogens (tertiary/aromatic N) is 3. The molecule has 0 aliphatic carbocycles. The molecule has 0 amide bonds. The van der Waals surface area contributed by atoms with E-state index < -0.39 is 6.55 Å². The zero-order valence-electron chi connectivity index (χ0n) is 10.2. The van der Waals surface area contributed by atoms with Crippen molar-refractivity contribution >= 4 is 0 Å². The molecule has 0 unspecified atom stereocenters. The Balaban J connectivity index is 1.90. The van der Waals surface area contributed by atoms with Crippen LogP contribution in [0.5, 0.6) is 0 Å². The highest BCUT2D eigenvalue weighted by molar-refractivity contribution is 5.05. The summed E-state index contributed by atoms with van der Waals surface area (Å²) in [5.74, 6) is 1.59. The summed E-state index contributed by atoms with van der Waals surface area (Å²) in [4.78, 5) is 8.04. The van der Waals surface area contributed by atoms with Gasteiger partial charge in [0.15, 0.2) is 0 Å². The van der Waals surface area contributed by atoms with E-state index in [0.717, 1.165) is 16.0 Å². The van der Waals surface area contributed by atoms with Gasteiger partial charge in [0.1, 0.15) is 11.6 Å². The van der Waals surface area contributed by atoms with Gasteiger partial charge in [-0.1, -0.05) is 0 Å². The molecule has 0 saturated heterocycles. The Bertz CT molecular complexity index is 501. The van der Waals surface area contributed by atoms with Crippen LogP contribution in [0.25, 0.3) is 0 Å². The Morgan fingerprint density at radius 3 is 2.78 bits per heavy atom. The number of aromatic nitrogens is 3. The maximum atomic E-state index is 12.5. The monoisotopic (exact) mass is 256 g/mol. The van der Waals surface area contributed by atoms with Gasteiger partial charge < -0.3 is 9.73 Å². The molecule has 0 aromatic carbocycles. The summed E-state index contributed by atoms with van der Waals surface area (Å²) in [6.07, 6.45) is 2.60. The highest BCUT2D eigenvalue weighted by Gasteiger charge is 2.11. The van der Waals surface area contributed by atoms with E-state index >= 15 is 0 Å². The van der Waals surface area contributed by atoms with Gasteiger partial charge in [-0.25, -0.2) is 9.97 Å². The zero-order valence-corrected chi connectivity index (χ0v) is 10.2. The first-order valence-corrected chi connectivity index (χ1v) is 5.51. The summed E-state index contributed by atoms with van der Waals surface area (Å²) >= 11 is 0. The predicted octanol–water partition coefficient (Wildman–Crippen LogP) is 2.17. The number of hydrogen-bond donors (Lipinski definition) is 1. The van der Waals surface area contributed by atoms with Crippen LogP contribution in [0.3, 0.4) is 0 Å². The van der Waals surface area contributed by atoms with Crippen molar-refractivity contribution in [1.29, 1.82) is 0 Å². The summed E-state index contributed by atoms with van der Waals surface area (Å²) in [5.41, 5.74) is 0.834. The van der Waals surface area contributed by atoms with Crippen molar-refractivity contribution in [3.8, 4) is 0 Å². The van der Waals surface area contributed by atoms with Gasteiger partial charge in [0.05, 0.1) is 18.8 Å². The van der Waals surface area contributed by atoms with Crippen molar-refractivity contribution in [1.82, 2.24) is 19.9 Å². The Hall–Kier alpha value is -1.76. The first-order valence-electron chi connectivity index (χ1n) is 5.51. The third-order valence-electron chi connectivity index (χ3n) is 2.59. The van der Waals surface area contributed by atoms with Crippen LogP contribution in [0.2, 0.25) is 0 Å². The van der Waals surface area contributed by atoms with Crippen LogP contribution in [0, 0.1) is 13.8 Å². The summed E-state index contributed by atoms with van der Waals surface area (Å²) in [6, 6.07) is 0. The number of nitrogens with one attached hydrogen (secondary N) is 1. The van der Waals surface area contributed by atoms with Gasteiger partial charge in [0, 0.05) is 12.4 Å². The summed E-state index contributed by atoms with van der Waals surface area (Å²) < 4.78 is 31.2. The van der Waals surface area contributed by atoms with Gasteiger partial charge in [-0.2, -0.15) is 8.78 Å². The van der Waals surface area contributed by atoms with Crippen molar-refractivity contribution in [2.24, 2.45) is 0 Å². The lowest BCUT2D eigenvalue weighted by Crippen LogP contribution is -2.17. The molecule has 0 bridgehead atoms. The Morgan fingerprint density at radius 1 is 1.39 bits per heavy atom. The van der Waals surface area contributed by atoms with Crippen LogP contribution >= 0.6 is 0 Å². The molecule has 0 aliphatic rings. The number of alkyl halides is 2. The lowest BCUT2D eigenvalue weighted by molar-refractivity contribution is 0.0666. The number of aryl methyl sites for hydroxylation is 2. The minimum atomic E-state index is -2.57. The van der Waals surface area contributed by atoms with Crippen molar-refractivity contribution in [2.75, 3.05) is 0 Å². The van der Waals surface area contributed by atoms with Crippen LogP contribution in [0.15, 0.2) is 16.8 Å². The number of oxazole rings is 1. The Labute approximate surface area is 103 Å². The van der Waals surface area contributed by atoms with Crippen LogP contribution in [-0.4, -0.2) is 14.5 Å². The first kappa shape index (κ1) is 12.7. The average Bonchev–Trinajstić information content (AvgIpc) is 2.87. The molecule has 0 spiro atoms. The highest BCUT2D eigenvalue weighted by Crippen LogP contribution is 2.12. The molecule has 0 radical (unpaired) electrons. The van der Waals surface area contributed by atoms with Gasteiger partial charge in [0.2, 0.25) is 5.89 Å². The SMILES string of the molecule is Cc1nc(CNCc2nccn2C(F)F)oc1C. The van der Waals surface area contributed by atoms with Crippen LogP contribution in [0.1, 0.15) is 29.7 Å². The van der Waals surface area contributed by atoms with E-state index in [1.165, 1.54) is 12.4 Å². The number of halogens is 2. The predicted molar refractivity (Wildman–Crippen MR) is 60.0 cm³/mol. The van der Waals surface area contributed by atoms with Crippen LogP contribution < -0.4 is 5.32 Å². The first-order chi connectivity index (χ1) is 8.58. The van der Waals surface area contributed by atoms with Crippen molar-refractivity contribution in [3.63, 3.8) is 0 Å². The number of imidazole rings is 1. The fourth-order valence-corrected chi connectivity index (χ4v) is 1.55. The third kappa shape index (κ3) is 2.73. The normalized spacial score (nSPS) is 11.4. The Kier molecular flexibility index (Phi) is 3.71. The van der Waals surface area contributed by atoms with Crippen LogP contribution in [-0.2, 0) is 13.1 Å². The topological polar surface area (TPSA) is 55.9 Å². The highest BCUT2D eigenvalue weighted by atomic mass is 19.3. The molecule has 2 aromatic rings. The van der Waals surface area contributed by atoms with E-state index in [4.69, 9.17) is 4.42 Å². The molecule has 0 fully saturated rings. The summed E-state index contributed by atoms with van der Waals surface area (Å²) in [5, 5.41) is 2.97. The molecular weight excluding hydrogens is 242 g/mol. The van der Waals surface area contributed by atoms with Crippen molar-refractivity contribution in [2.45, 2.75) is 33.5 Å². The molecule has 0 saturated carbocycles. The standard InChI is InChI=1S/C11H14F2N4O/c1-7-8(2)18-10(16-7)6-14-5-9-15-3-4-17(9)11(12)13/h3-4,11,14H,5-6H2,1-2H3. The van der Waals surface area contributed by atoms with Gasteiger partial charge in [0.25, 0.3) is 0 Å². The second-order valence-corrected chi connectivity index (χ2v) is 3.88. The van der Waals surface area contributed by atoms with Crippen LogP contribution in [0.4, 0.5) is 8.78 Å². The van der Waals surface area contributed by atoms with E-state index in [-0.39, 0.29) is 12.4 Å².